The van der Waals surface area contributed by atoms with Crippen LogP contribution in [0.2, 0.25) is 0 Å². The lowest BCUT2D eigenvalue weighted by Crippen LogP contribution is -2.48. The van der Waals surface area contributed by atoms with E-state index in [1.165, 1.54) is 0 Å². The first-order valence-electron chi connectivity index (χ1n) is 16.3. The molecule has 5 rings (SSSR count). The van der Waals surface area contributed by atoms with E-state index in [4.69, 9.17) is 9.47 Å². The Morgan fingerprint density at radius 2 is 1.55 bits per heavy atom. The lowest BCUT2D eigenvalue weighted by atomic mass is 10.0. The number of hydrogen-bond acceptors (Lipinski definition) is 8. The van der Waals surface area contributed by atoms with E-state index in [9.17, 15) is 19.2 Å². The van der Waals surface area contributed by atoms with Crippen LogP contribution in [0.15, 0.2) is 97.5 Å². The van der Waals surface area contributed by atoms with Gasteiger partial charge in [0.2, 0.25) is 11.8 Å². The highest BCUT2D eigenvalue weighted by atomic mass is 16.5. The summed E-state index contributed by atoms with van der Waals surface area (Å²) in [5, 5.41) is 11.6. The summed E-state index contributed by atoms with van der Waals surface area (Å²) < 4.78 is 12.1. The molecule has 1 aromatic heterocycles. The number of nitrogens with zero attached hydrogens (tertiary/aromatic N) is 2. The third kappa shape index (κ3) is 10.6. The van der Waals surface area contributed by atoms with E-state index < -0.39 is 23.9 Å². The predicted molar refractivity (Wildman–Crippen MR) is 182 cm³/mol. The molecule has 0 aliphatic carbocycles. The Bertz CT molecular complexity index is 1700. The number of para-hydroxylation sites is 2. The van der Waals surface area contributed by atoms with Crippen molar-refractivity contribution >= 4 is 23.6 Å². The minimum Gasteiger partial charge on any atom is -0.493 e. The summed E-state index contributed by atoms with van der Waals surface area (Å²) in [4.78, 5) is 61.7. The first kappa shape index (κ1) is 34.6. The summed E-state index contributed by atoms with van der Waals surface area (Å²) in [5.74, 6) is -0.827. The molecule has 3 aromatic carbocycles. The highest BCUT2D eigenvalue weighted by Crippen LogP contribution is 2.20. The van der Waals surface area contributed by atoms with Crippen molar-refractivity contribution in [3.8, 4) is 11.5 Å². The van der Waals surface area contributed by atoms with Crippen molar-refractivity contribution in [3.05, 3.63) is 120 Å². The van der Waals surface area contributed by atoms with Gasteiger partial charge in [0.1, 0.15) is 24.1 Å². The molecule has 12 nitrogen and oxygen atoms in total. The predicted octanol–water partition coefficient (Wildman–Crippen LogP) is 3.03. The lowest BCUT2D eigenvalue weighted by molar-refractivity contribution is -0.124. The Morgan fingerprint density at radius 3 is 2.31 bits per heavy atom. The Kier molecular flexibility index (Phi) is 12.7. The number of rotatable bonds is 6. The lowest BCUT2D eigenvalue weighted by Gasteiger charge is -2.22. The van der Waals surface area contributed by atoms with E-state index in [1.807, 2.05) is 30.3 Å². The smallest absolute Gasteiger partial charge is 0.255 e. The van der Waals surface area contributed by atoms with Gasteiger partial charge in [0.15, 0.2) is 0 Å². The van der Waals surface area contributed by atoms with Crippen LogP contribution in [0.1, 0.15) is 51.2 Å². The zero-order valence-corrected chi connectivity index (χ0v) is 27.1. The van der Waals surface area contributed by atoms with E-state index in [2.05, 4.69) is 31.2 Å². The van der Waals surface area contributed by atoms with Crippen molar-refractivity contribution in [3.63, 3.8) is 0 Å². The third-order valence-electron chi connectivity index (χ3n) is 7.84. The summed E-state index contributed by atoms with van der Waals surface area (Å²) >= 11 is 0. The molecule has 254 valence electrons. The Morgan fingerprint density at radius 1 is 0.837 bits per heavy atom. The molecule has 2 heterocycles. The number of amides is 4. The molecule has 0 spiro atoms. The molecule has 4 N–H and O–H groups in total. The van der Waals surface area contributed by atoms with Crippen molar-refractivity contribution in [1.82, 2.24) is 31.2 Å². The average molecular weight is 665 g/mol. The topological polar surface area (TPSA) is 161 Å². The van der Waals surface area contributed by atoms with Crippen molar-refractivity contribution in [2.24, 2.45) is 0 Å². The fourth-order valence-electron chi connectivity index (χ4n) is 5.33. The molecule has 1 aliphatic rings. The standard InChI is InChI=1S/C37H40N6O6/c44-34-16-15-31(37(47)41-19-17-27-24-38-20-21-39-27)43-36(46)30-12-5-6-13-32(30)48-22-8-18-40-35(45)29-11-4-7-14-33(29)49-25-28(42-34)23-26-9-2-1-3-10-26/h1-7,9-14,20-21,24,28,31H,8,15-19,22-23,25H2,(H,40,45)(H,41,47)(H,42,44)(H,43,46)/t28-,31+/m1/s1. The number of nitrogens with one attached hydrogen (secondary N) is 4. The monoisotopic (exact) mass is 664 g/mol. The van der Waals surface area contributed by atoms with E-state index in [0.717, 1.165) is 5.56 Å². The maximum atomic E-state index is 13.5. The minimum atomic E-state index is -1.01. The van der Waals surface area contributed by atoms with Crippen LogP contribution in [0.25, 0.3) is 0 Å². The van der Waals surface area contributed by atoms with Crippen LogP contribution in [0.4, 0.5) is 0 Å². The number of hydrogen-bond donors (Lipinski definition) is 4. The van der Waals surface area contributed by atoms with Crippen LogP contribution in [-0.4, -0.2) is 72.0 Å². The summed E-state index contributed by atoms with van der Waals surface area (Å²) in [7, 11) is 0. The number of benzene rings is 3. The van der Waals surface area contributed by atoms with Gasteiger partial charge < -0.3 is 30.7 Å². The van der Waals surface area contributed by atoms with E-state index in [-0.39, 0.29) is 50.0 Å². The molecule has 4 aromatic rings. The fraction of sp³-hybridized carbons (Fsp3) is 0.297. The van der Waals surface area contributed by atoms with Crippen molar-refractivity contribution in [2.45, 2.75) is 44.2 Å². The molecular formula is C37H40N6O6. The van der Waals surface area contributed by atoms with Crippen LogP contribution >= 0.6 is 0 Å². The first-order chi connectivity index (χ1) is 24.0. The van der Waals surface area contributed by atoms with Crippen molar-refractivity contribution in [2.75, 3.05) is 26.3 Å². The second-order valence-electron chi connectivity index (χ2n) is 11.5. The summed E-state index contributed by atoms with van der Waals surface area (Å²) in [6.45, 7) is 0.921. The fourth-order valence-corrected chi connectivity index (χ4v) is 5.33. The number of carbonyl (C=O) groups excluding carboxylic acids is 4. The van der Waals surface area contributed by atoms with Gasteiger partial charge in [-0.3, -0.25) is 29.1 Å². The third-order valence-corrected chi connectivity index (χ3v) is 7.84. The van der Waals surface area contributed by atoms with Crippen LogP contribution in [0.5, 0.6) is 11.5 Å². The van der Waals surface area contributed by atoms with Gasteiger partial charge in [-0.2, -0.15) is 0 Å². The summed E-state index contributed by atoms with van der Waals surface area (Å²) in [6.07, 6.45) is 6.16. The Hall–Kier alpha value is -5.78. The molecule has 0 saturated heterocycles. The van der Waals surface area contributed by atoms with Gasteiger partial charge in [0.05, 0.1) is 29.5 Å². The van der Waals surface area contributed by atoms with Gasteiger partial charge in [0, 0.05) is 44.5 Å². The van der Waals surface area contributed by atoms with Crippen molar-refractivity contribution < 1.29 is 28.7 Å². The van der Waals surface area contributed by atoms with E-state index >= 15 is 0 Å². The average Bonchev–Trinajstić information content (AvgIpc) is 3.12. The molecule has 0 unspecified atom stereocenters. The van der Waals surface area contributed by atoms with Gasteiger partial charge in [-0.15, -0.1) is 0 Å². The molecule has 2 atom stereocenters. The normalized spacial score (nSPS) is 17.8. The molecule has 0 fully saturated rings. The molecular weight excluding hydrogens is 624 g/mol. The Balaban J connectivity index is 1.36. The molecule has 1 aliphatic heterocycles. The SMILES string of the molecule is O=C1CC[C@@H](C(=O)NCCc2cnccn2)NC(=O)c2ccccc2OCCCNC(=O)c2ccccc2OC[C@@H](Cc2ccccc2)N1. The van der Waals surface area contributed by atoms with Crippen LogP contribution in [-0.2, 0) is 22.4 Å². The van der Waals surface area contributed by atoms with Crippen LogP contribution in [0, 0.1) is 0 Å². The number of carbonyl (C=O) groups is 4. The zero-order valence-electron chi connectivity index (χ0n) is 27.1. The minimum absolute atomic E-state index is 0.0412. The number of ether oxygens (including phenoxy) is 2. The van der Waals surface area contributed by atoms with Gasteiger partial charge in [-0.25, -0.2) is 0 Å². The maximum absolute atomic E-state index is 13.5. The van der Waals surface area contributed by atoms with Crippen LogP contribution < -0.4 is 30.7 Å². The van der Waals surface area contributed by atoms with Crippen molar-refractivity contribution in [1.29, 1.82) is 0 Å². The maximum Gasteiger partial charge on any atom is 0.255 e. The molecule has 0 saturated carbocycles. The summed E-state index contributed by atoms with van der Waals surface area (Å²) in [6, 6.07) is 21.9. The zero-order chi connectivity index (χ0) is 34.3. The number of fused-ring (bicyclic) bond motifs is 2. The highest BCUT2D eigenvalue weighted by molar-refractivity contribution is 6.00. The highest BCUT2D eigenvalue weighted by Gasteiger charge is 2.25. The number of aromatic nitrogens is 2. The van der Waals surface area contributed by atoms with E-state index in [1.54, 1.807) is 67.1 Å². The molecule has 0 radical (unpaired) electrons. The molecule has 12 heteroatoms. The Labute approximate surface area is 285 Å². The quantitative estimate of drug-likeness (QED) is 0.245. The van der Waals surface area contributed by atoms with Gasteiger partial charge in [-0.1, -0.05) is 54.6 Å². The molecule has 0 bridgehead atoms. The first-order valence-corrected chi connectivity index (χ1v) is 16.3. The second-order valence-corrected chi connectivity index (χ2v) is 11.5. The molecule has 4 amide bonds. The van der Waals surface area contributed by atoms with Gasteiger partial charge >= 0.3 is 0 Å². The summed E-state index contributed by atoms with van der Waals surface area (Å²) in [5.41, 5.74) is 2.32. The van der Waals surface area contributed by atoms with Crippen LogP contribution in [0.3, 0.4) is 0 Å². The second kappa shape index (κ2) is 17.9. The van der Waals surface area contributed by atoms with Gasteiger partial charge in [-0.05, 0) is 49.1 Å². The largest absolute Gasteiger partial charge is 0.493 e. The molecule has 49 heavy (non-hydrogen) atoms. The van der Waals surface area contributed by atoms with Gasteiger partial charge in [0.25, 0.3) is 11.8 Å². The van der Waals surface area contributed by atoms with E-state index in [0.29, 0.717) is 48.6 Å².